The normalized spacial score (nSPS) is 17.9. The van der Waals surface area contributed by atoms with E-state index < -0.39 is 0 Å². The largest absolute Gasteiger partial charge is 0.496 e. The molecule has 0 radical (unpaired) electrons. The molecule has 1 saturated carbocycles. The summed E-state index contributed by atoms with van der Waals surface area (Å²) in [7, 11) is 4.97. The minimum absolute atomic E-state index is 0.0566. The van der Waals surface area contributed by atoms with Crippen LogP contribution in [0.5, 0.6) is 17.2 Å². The van der Waals surface area contributed by atoms with Crippen molar-refractivity contribution >= 4 is 0 Å². The van der Waals surface area contributed by atoms with Crippen LogP contribution in [0.1, 0.15) is 50.1 Å². The molecule has 1 fully saturated rings. The monoisotopic (exact) mass is 293 g/mol. The minimum Gasteiger partial charge on any atom is -0.496 e. The third-order valence-corrected chi connectivity index (χ3v) is 4.49. The number of methoxy groups -OCH3 is 3. The lowest BCUT2D eigenvalue weighted by molar-refractivity contribution is 0.332. The van der Waals surface area contributed by atoms with E-state index in [1.165, 1.54) is 38.5 Å². The van der Waals surface area contributed by atoms with E-state index >= 15 is 0 Å². The van der Waals surface area contributed by atoms with Crippen LogP contribution in [0.4, 0.5) is 0 Å². The summed E-state index contributed by atoms with van der Waals surface area (Å²) in [5, 5.41) is 0. The molecule has 0 heterocycles. The molecule has 4 nitrogen and oxygen atoms in total. The Morgan fingerprint density at radius 3 is 1.86 bits per heavy atom. The lowest BCUT2D eigenvalue weighted by Crippen LogP contribution is -2.22. The van der Waals surface area contributed by atoms with Gasteiger partial charge in [-0.15, -0.1) is 0 Å². The molecule has 1 aliphatic rings. The lowest BCUT2D eigenvalue weighted by atomic mass is 9.87. The van der Waals surface area contributed by atoms with Crippen LogP contribution in [0.25, 0.3) is 0 Å². The molecular formula is C17H27NO3. The summed E-state index contributed by atoms with van der Waals surface area (Å²) >= 11 is 0. The highest BCUT2D eigenvalue weighted by atomic mass is 16.5. The Balaban J connectivity index is 2.35. The van der Waals surface area contributed by atoms with Gasteiger partial charge in [-0.2, -0.15) is 0 Å². The molecule has 1 aliphatic carbocycles. The van der Waals surface area contributed by atoms with E-state index in [-0.39, 0.29) is 6.04 Å². The minimum atomic E-state index is -0.0566. The van der Waals surface area contributed by atoms with E-state index in [2.05, 4.69) is 0 Å². The van der Waals surface area contributed by atoms with Crippen LogP contribution in [-0.2, 0) is 0 Å². The summed E-state index contributed by atoms with van der Waals surface area (Å²) in [4.78, 5) is 0. The second-order valence-corrected chi connectivity index (χ2v) is 5.72. The first-order chi connectivity index (χ1) is 10.2. The first kappa shape index (κ1) is 16.0. The summed E-state index contributed by atoms with van der Waals surface area (Å²) in [5.41, 5.74) is 7.55. The van der Waals surface area contributed by atoms with Crippen molar-refractivity contribution in [1.29, 1.82) is 0 Å². The summed E-state index contributed by atoms with van der Waals surface area (Å²) in [6.07, 6.45) is 7.53. The van der Waals surface area contributed by atoms with Crippen LogP contribution in [-0.4, -0.2) is 21.3 Å². The molecule has 2 N–H and O–H groups in total. The molecule has 0 aromatic heterocycles. The standard InChI is InChI=1S/C17H27NO3/c1-19-13-10-14(20-2)16(15(11-13)21-3)17(18)12-8-6-4-5-7-9-12/h10-12,17H,4-9,18H2,1-3H3. The fraction of sp³-hybridized carbons (Fsp3) is 0.647. The molecule has 118 valence electrons. The average Bonchev–Trinajstić information content (AvgIpc) is 2.81. The second-order valence-electron chi connectivity index (χ2n) is 5.72. The van der Waals surface area contributed by atoms with Crippen LogP contribution in [0, 0.1) is 5.92 Å². The number of rotatable bonds is 5. The van der Waals surface area contributed by atoms with Gasteiger partial charge in [0.15, 0.2) is 0 Å². The van der Waals surface area contributed by atoms with Crippen molar-refractivity contribution < 1.29 is 14.2 Å². The number of benzene rings is 1. The Morgan fingerprint density at radius 1 is 0.905 bits per heavy atom. The highest BCUT2D eigenvalue weighted by Crippen LogP contribution is 2.42. The van der Waals surface area contributed by atoms with Gasteiger partial charge in [0, 0.05) is 18.2 Å². The fourth-order valence-corrected chi connectivity index (χ4v) is 3.27. The Hall–Kier alpha value is -1.42. The number of ether oxygens (including phenoxy) is 3. The van der Waals surface area contributed by atoms with Gasteiger partial charge in [0.2, 0.25) is 0 Å². The first-order valence-electron chi connectivity index (χ1n) is 7.76. The van der Waals surface area contributed by atoms with Gasteiger partial charge in [-0.25, -0.2) is 0 Å². The summed E-state index contributed by atoms with van der Waals surface area (Å²) in [6, 6.07) is 3.71. The first-order valence-corrected chi connectivity index (χ1v) is 7.76. The summed E-state index contributed by atoms with van der Waals surface area (Å²) in [6.45, 7) is 0. The molecule has 21 heavy (non-hydrogen) atoms. The van der Waals surface area contributed by atoms with Gasteiger partial charge in [0.05, 0.1) is 26.9 Å². The van der Waals surface area contributed by atoms with E-state index in [1.54, 1.807) is 21.3 Å². The predicted molar refractivity (Wildman–Crippen MR) is 84.2 cm³/mol. The van der Waals surface area contributed by atoms with E-state index in [4.69, 9.17) is 19.9 Å². The Labute approximate surface area is 127 Å². The summed E-state index contributed by atoms with van der Waals surface area (Å²) < 4.78 is 16.4. The van der Waals surface area contributed by atoms with Crippen molar-refractivity contribution in [3.8, 4) is 17.2 Å². The van der Waals surface area contributed by atoms with E-state index in [0.29, 0.717) is 5.92 Å². The van der Waals surface area contributed by atoms with Crippen molar-refractivity contribution in [1.82, 2.24) is 0 Å². The van der Waals surface area contributed by atoms with Crippen LogP contribution in [0.15, 0.2) is 12.1 Å². The Bertz CT molecular complexity index is 428. The highest BCUT2D eigenvalue weighted by molar-refractivity contribution is 5.52. The maximum Gasteiger partial charge on any atom is 0.131 e. The third kappa shape index (κ3) is 3.62. The van der Waals surface area contributed by atoms with Crippen molar-refractivity contribution in [2.24, 2.45) is 11.7 Å². The van der Waals surface area contributed by atoms with Gasteiger partial charge in [-0.3, -0.25) is 0 Å². The molecular weight excluding hydrogens is 266 g/mol. The van der Waals surface area contributed by atoms with E-state index in [0.717, 1.165) is 22.8 Å². The van der Waals surface area contributed by atoms with Gasteiger partial charge in [-0.05, 0) is 18.8 Å². The van der Waals surface area contributed by atoms with E-state index in [9.17, 15) is 0 Å². The SMILES string of the molecule is COc1cc(OC)c(C(N)C2CCCCCC2)c(OC)c1. The Morgan fingerprint density at radius 2 is 1.43 bits per heavy atom. The zero-order valence-electron chi connectivity index (χ0n) is 13.4. The van der Waals surface area contributed by atoms with Gasteiger partial charge < -0.3 is 19.9 Å². The zero-order valence-corrected chi connectivity index (χ0v) is 13.4. The zero-order chi connectivity index (χ0) is 15.2. The second kappa shape index (κ2) is 7.55. The van der Waals surface area contributed by atoms with Crippen molar-refractivity contribution in [3.05, 3.63) is 17.7 Å². The quantitative estimate of drug-likeness (QED) is 0.841. The topological polar surface area (TPSA) is 53.7 Å². The maximum atomic E-state index is 6.58. The fourth-order valence-electron chi connectivity index (χ4n) is 3.27. The Kier molecular flexibility index (Phi) is 5.74. The molecule has 0 bridgehead atoms. The molecule has 1 aromatic carbocycles. The van der Waals surface area contributed by atoms with Crippen LogP contribution in [0.3, 0.4) is 0 Å². The van der Waals surface area contributed by atoms with Crippen LogP contribution >= 0.6 is 0 Å². The van der Waals surface area contributed by atoms with Gasteiger partial charge >= 0.3 is 0 Å². The van der Waals surface area contributed by atoms with Crippen molar-refractivity contribution in [2.45, 2.75) is 44.6 Å². The van der Waals surface area contributed by atoms with Crippen LogP contribution < -0.4 is 19.9 Å². The molecule has 0 saturated heterocycles. The number of nitrogens with two attached hydrogens (primary N) is 1. The van der Waals surface area contributed by atoms with Gasteiger partial charge in [0.1, 0.15) is 17.2 Å². The molecule has 0 amide bonds. The molecule has 2 rings (SSSR count). The molecule has 1 atom stereocenters. The van der Waals surface area contributed by atoms with E-state index in [1.807, 2.05) is 12.1 Å². The smallest absolute Gasteiger partial charge is 0.131 e. The van der Waals surface area contributed by atoms with Crippen molar-refractivity contribution in [2.75, 3.05) is 21.3 Å². The lowest BCUT2D eigenvalue weighted by Gasteiger charge is -2.26. The highest BCUT2D eigenvalue weighted by Gasteiger charge is 2.27. The molecule has 0 aliphatic heterocycles. The molecule has 1 unspecified atom stereocenters. The molecule has 0 spiro atoms. The molecule has 4 heteroatoms. The molecule has 1 aromatic rings. The average molecular weight is 293 g/mol. The summed E-state index contributed by atoms with van der Waals surface area (Å²) in [5.74, 6) is 2.72. The maximum absolute atomic E-state index is 6.58. The van der Waals surface area contributed by atoms with Crippen molar-refractivity contribution in [3.63, 3.8) is 0 Å². The van der Waals surface area contributed by atoms with Gasteiger partial charge in [0.25, 0.3) is 0 Å². The number of hydrogen-bond acceptors (Lipinski definition) is 4. The predicted octanol–water partition coefficient (Wildman–Crippen LogP) is 3.68. The number of hydrogen-bond donors (Lipinski definition) is 1. The van der Waals surface area contributed by atoms with Gasteiger partial charge in [-0.1, -0.05) is 25.7 Å². The van der Waals surface area contributed by atoms with Crippen LogP contribution in [0.2, 0.25) is 0 Å². The third-order valence-electron chi connectivity index (χ3n) is 4.49.